The SMILES string of the molecule is Cc1cccc(C(=O)OCC(=O)Nc2cc(Cl)ccc2[N+](=O)[O-])c1O. The van der Waals surface area contributed by atoms with Gasteiger partial charge in [-0.25, -0.2) is 4.79 Å². The third-order valence-electron chi connectivity index (χ3n) is 3.22. The number of benzene rings is 2. The number of ether oxygens (including phenoxy) is 1. The fourth-order valence-electron chi connectivity index (χ4n) is 1.99. The zero-order valence-corrected chi connectivity index (χ0v) is 13.7. The molecule has 0 radical (unpaired) electrons. The van der Waals surface area contributed by atoms with Crippen LogP contribution in [0, 0.1) is 17.0 Å². The van der Waals surface area contributed by atoms with E-state index in [4.69, 9.17) is 16.3 Å². The Hall–Kier alpha value is -3.13. The number of carbonyl (C=O) groups is 2. The van der Waals surface area contributed by atoms with E-state index in [-0.39, 0.29) is 27.7 Å². The standard InChI is InChI=1S/C16H13ClN2O6/c1-9-3-2-4-11(15(9)21)16(22)25-8-14(20)18-12-7-10(17)5-6-13(12)19(23)24/h2-7,21H,8H2,1H3,(H,18,20). The topological polar surface area (TPSA) is 119 Å². The lowest BCUT2D eigenvalue weighted by atomic mass is 10.1. The lowest BCUT2D eigenvalue weighted by Gasteiger charge is -2.09. The minimum Gasteiger partial charge on any atom is -0.507 e. The molecule has 2 rings (SSSR count). The number of hydrogen-bond acceptors (Lipinski definition) is 6. The molecule has 0 aromatic heterocycles. The van der Waals surface area contributed by atoms with Crippen LogP contribution >= 0.6 is 11.6 Å². The predicted octanol–water partition coefficient (Wildman–Crippen LogP) is 3.06. The van der Waals surface area contributed by atoms with E-state index < -0.39 is 23.4 Å². The summed E-state index contributed by atoms with van der Waals surface area (Å²) < 4.78 is 4.81. The third kappa shape index (κ3) is 4.45. The van der Waals surface area contributed by atoms with Gasteiger partial charge in [-0.05, 0) is 30.7 Å². The number of aryl methyl sites for hydroxylation is 1. The summed E-state index contributed by atoms with van der Waals surface area (Å²) in [6, 6.07) is 8.19. The quantitative estimate of drug-likeness (QED) is 0.478. The Morgan fingerprint density at radius 1 is 1.32 bits per heavy atom. The highest BCUT2D eigenvalue weighted by molar-refractivity contribution is 6.31. The van der Waals surface area contributed by atoms with E-state index in [2.05, 4.69) is 5.32 Å². The van der Waals surface area contributed by atoms with Gasteiger partial charge >= 0.3 is 5.97 Å². The monoisotopic (exact) mass is 364 g/mol. The number of anilines is 1. The van der Waals surface area contributed by atoms with Crippen LogP contribution in [0.3, 0.4) is 0 Å². The molecule has 2 aromatic rings. The average Bonchev–Trinajstić information content (AvgIpc) is 2.55. The lowest BCUT2D eigenvalue weighted by molar-refractivity contribution is -0.383. The van der Waals surface area contributed by atoms with Crippen molar-refractivity contribution in [1.29, 1.82) is 0 Å². The van der Waals surface area contributed by atoms with Crippen molar-refractivity contribution in [3.05, 3.63) is 62.7 Å². The predicted molar refractivity (Wildman–Crippen MR) is 89.9 cm³/mol. The second kappa shape index (κ2) is 7.63. The van der Waals surface area contributed by atoms with Crippen molar-refractivity contribution in [2.75, 3.05) is 11.9 Å². The smallest absolute Gasteiger partial charge is 0.342 e. The zero-order chi connectivity index (χ0) is 18.6. The molecule has 2 N–H and O–H groups in total. The molecule has 0 bridgehead atoms. The zero-order valence-electron chi connectivity index (χ0n) is 13.0. The van der Waals surface area contributed by atoms with E-state index in [1.165, 1.54) is 18.2 Å². The van der Waals surface area contributed by atoms with Gasteiger partial charge in [0.2, 0.25) is 0 Å². The normalized spacial score (nSPS) is 10.2. The van der Waals surface area contributed by atoms with E-state index in [0.717, 1.165) is 6.07 Å². The first-order valence-corrected chi connectivity index (χ1v) is 7.37. The maximum atomic E-state index is 11.9. The molecule has 0 saturated heterocycles. The molecule has 2 aromatic carbocycles. The Labute approximate surface area is 147 Å². The molecular weight excluding hydrogens is 352 g/mol. The first kappa shape index (κ1) is 18.2. The van der Waals surface area contributed by atoms with Gasteiger partial charge < -0.3 is 15.2 Å². The summed E-state index contributed by atoms with van der Waals surface area (Å²) in [6.45, 7) is 0.924. The number of nitrogens with zero attached hydrogens (tertiary/aromatic N) is 1. The minimum atomic E-state index is -0.892. The van der Waals surface area contributed by atoms with Crippen molar-refractivity contribution in [2.45, 2.75) is 6.92 Å². The molecule has 25 heavy (non-hydrogen) atoms. The molecule has 1 amide bonds. The van der Waals surface area contributed by atoms with Gasteiger partial charge in [0, 0.05) is 11.1 Å². The second-order valence-electron chi connectivity index (χ2n) is 5.01. The summed E-state index contributed by atoms with van der Waals surface area (Å²) in [5, 5.41) is 23.2. The second-order valence-corrected chi connectivity index (χ2v) is 5.45. The Morgan fingerprint density at radius 3 is 2.72 bits per heavy atom. The molecule has 0 aliphatic rings. The molecule has 0 aliphatic carbocycles. The summed E-state index contributed by atoms with van der Waals surface area (Å²) in [5.41, 5.74) is -0.0626. The van der Waals surface area contributed by atoms with Gasteiger partial charge in [-0.15, -0.1) is 0 Å². The van der Waals surface area contributed by atoms with Crippen LogP contribution in [0.15, 0.2) is 36.4 Å². The van der Waals surface area contributed by atoms with Crippen LogP contribution < -0.4 is 5.32 Å². The molecular formula is C16H13ClN2O6. The number of amides is 1. The number of nitro benzene ring substituents is 1. The summed E-state index contributed by atoms with van der Waals surface area (Å²) in [7, 11) is 0. The van der Waals surface area contributed by atoms with E-state index in [1.54, 1.807) is 19.1 Å². The average molecular weight is 365 g/mol. The fourth-order valence-corrected chi connectivity index (χ4v) is 2.16. The first-order chi connectivity index (χ1) is 11.8. The molecule has 0 heterocycles. The lowest BCUT2D eigenvalue weighted by Crippen LogP contribution is -2.21. The fraction of sp³-hybridized carbons (Fsp3) is 0.125. The maximum Gasteiger partial charge on any atom is 0.342 e. The van der Waals surface area contributed by atoms with Gasteiger partial charge in [0.05, 0.1) is 4.92 Å². The van der Waals surface area contributed by atoms with E-state index in [1.807, 2.05) is 0 Å². The summed E-state index contributed by atoms with van der Waals surface area (Å²) >= 11 is 5.76. The van der Waals surface area contributed by atoms with Crippen molar-refractivity contribution < 1.29 is 24.4 Å². The van der Waals surface area contributed by atoms with Crippen LogP contribution in [0.1, 0.15) is 15.9 Å². The highest BCUT2D eigenvalue weighted by Crippen LogP contribution is 2.27. The van der Waals surface area contributed by atoms with Gasteiger partial charge in [0.1, 0.15) is 17.0 Å². The van der Waals surface area contributed by atoms with Gasteiger partial charge in [-0.3, -0.25) is 14.9 Å². The van der Waals surface area contributed by atoms with Crippen LogP contribution in [-0.2, 0) is 9.53 Å². The van der Waals surface area contributed by atoms with Gasteiger partial charge in [0.25, 0.3) is 11.6 Å². The van der Waals surface area contributed by atoms with Gasteiger partial charge in [-0.2, -0.15) is 0 Å². The number of para-hydroxylation sites is 1. The van der Waals surface area contributed by atoms with Crippen molar-refractivity contribution in [1.82, 2.24) is 0 Å². The van der Waals surface area contributed by atoms with Crippen LogP contribution in [0.4, 0.5) is 11.4 Å². The van der Waals surface area contributed by atoms with Crippen molar-refractivity contribution in [3.8, 4) is 5.75 Å². The van der Waals surface area contributed by atoms with Crippen LogP contribution in [0.5, 0.6) is 5.75 Å². The number of hydrogen-bond donors (Lipinski definition) is 2. The first-order valence-electron chi connectivity index (χ1n) is 6.99. The van der Waals surface area contributed by atoms with Crippen molar-refractivity contribution in [3.63, 3.8) is 0 Å². The minimum absolute atomic E-state index is 0.0819. The van der Waals surface area contributed by atoms with E-state index in [0.29, 0.717) is 5.56 Å². The Balaban J connectivity index is 2.04. The molecule has 0 fully saturated rings. The third-order valence-corrected chi connectivity index (χ3v) is 3.46. The van der Waals surface area contributed by atoms with Gasteiger partial charge in [-0.1, -0.05) is 23.7 Å². The van der Waals surface area contributed by atoms with Crippen LogP contribution in [0.2, 0.25) is 5.02 Å². The summed E-state index contributed by atoms with van der Waals surface area (Å²) in [5.74, 6) is -1.92. The molecule has 130 valence electrons. The van der Waals surface area contributed by atoms with E-state index in [9.17, 15) is 24.8 Å². The maximum absolute atomic E-state index is 11.9. The number of nitrogens with one attached hydrogen (secondary N) is 1. The number of aromatic hydroxyl groups is 1. The molecule has 0 spiro atoms. The van der Waals surface area contributed by atoms with Crippen LogP contribution in [0.25, 0.3) is 0 Å². The Bertz CT molecular complexity index is 853. The number of phenols is 1. The van der Waals surface area contributed by atoms with E-state index >= 15 is 0 Å². The largest absolute Gasteiger partial charge is 0.507 e. The highest BCUT2D eigenvalue weighted by Gasteiger charge is 2.19. The summed E-state index contributed by atoms with van der Waals surface area (Å²) in [4.78, 5) is 34.0. The molecule has 9 heteroatoms. The number of halogens is 1. The number of esters is 1. The number of rotatable bonds is 5. The number of nitro groups is 1. The van der Waals surface area contributed by atoms with Crippen molar-refractivity contribution >= 4 is 34.9 Å². The summed E-state index contributed by atoms with van der Waals surface area (Å²) in [6.07, 6.45) is 0. The molecule has 0 aliphatic heterocycles. The van der Waals surface area contributed by atoms with Gasteiger partial charge in [0.15, 0.2) is 6.61 Å². The molecule has 8 nitrogen and oxygen atoms in total. The van der Waals surface area contributed by atoms with Crippen LogP contribution in [-0.4, -0.2) is 28.5 Å². The molecule has 0 unspecified atom stereocenters. The molecule has 0 saturated carbocycles. The Kier molecular flexibility index (Phi) is 5.56. The number of carbonyl (C=O) groups excluding carboxylic acids is 2. The highest BCUT2D eigenvalue weighted by atomic mass is 35.5. The molecule has 0 atom stereocenters. The Morgan fingerprint density at radius 2 is 2.04 bits per heavy atom. The van der Waals surface area contributed by atoms with Crippen molar-refractivity contribution in [2.24, 2.45) is 0 Å². The number of phenolic OH excluding ortho intramolecular Hbond substituents is 1.